The number of amides is 1. The number of hydrogen-bond donors (Lipinski definition) is 1. The molecule has 6 heteroatoms. The summed E-state index contributed by atoms with van der Waals surface area (Å²) in [6, 6.07) is 2.89. The largest absolute Gasteiger partial charge is 0.376 e. The molecule has 1 amide bonds. The maximum atomic E-state index is 13.4. The first kappa shape index (κ1) is 13.5. The van der Waals surface area contributed by atoms with Crippen LogP contribution in [-0.4, -0.2) is 31.8 Å². The molecule has 1 unspecified atom stereocenters. The van der Waals surface area contributed by atoms with Crippen LogP contribution in [0.2, 0.25) is 0 Å². The minimum atomic E-state index is -0.634. The fourth-order valence-electron chi connectivity index (χ4n) is 1.63. The van der Waals surface area contributed by atoms with Crippen molar-refractivity contribution in [3.05, 3.63) is 28.0 Å². The van der Waals surface area contributed by atoms with Crippen molar-refractivity contribution in [3.63, 3.8) is 0 Å². The molecular formula is C12H13BrFNO3. The first-order valence-corrected chi connectivity index (χ1v) is 6.33. The molecule has 1 saturated heterocycles. The quantitative estimate of drug-likeness (QED) is 0.910. The Morgan fingerprint density at radius 1 is 1.50 bits per heavy atom. The lowest BCUT2D eigenvalue weighted by Gasteiger charge is -2.22. The molecule has 0 aromatic heterocycles. The Kier molecular flexibility index (Phi) is 4.31. The molecule has 1 aliphatic heterocycles. The summed E-state index contributed by atoms with van der Waals surface area (Å²) < 4.78 is 24.2. The maximum Gasteiger partial charge on any atom is 0.255 e. The average molecular weight is 318 g/mol. The van der Waals surface area contributed by atoms with Crippen molar-refractivity contribution >= 4 is 27.5 Å². The van der Waals surface area contributed by atoms with E-state index >= 15 is 0 Å². The molecule has 0 bridgehead atoms. The normalized spacial score (nSPS) is 19.6. The second-order valence-corrected chi connectivity index (χ2v) is 4.86. The first-order valence-electron chi connectivity index (χ1n) is 5.54. The van der Waals surface area contributed by atoms with Gasteiger partial charge in [-0.15, -0.1) is 0 Å². The molecular weight excluding hydrogens is 305 g/mol. The van der Waals surface area contributed by atoms with Gasteiger partial charge in [0.1, 0.15) is 5.82 Å². The molecule has 1 aromatic carbocycles. The van der Waals surface area contributed by atoms with Crippen LogP contribution in [0.1, 0.15) is 5.56 Å². The second-order valence-electron chi connectivity index (χ2n) is 4.00. The van der Waals surface area contributed by atoms with Gasteiger partial charge in [-0.25, -0.2) is 4.39 Å². The van der Waals surface area contributed by atoms with Crippen molar-refractivity contribution in [2.45, 2.75) is 13.0 Å². The Labute approximate surface area is 113 Å². The van der Waals surface area contributed by atoms with Gasteiger partial charge in [-0.05, 0) is 40.5 Å². The molecule has 2 rings (SSSR count). The van der Waals surface area contributed by atoms with Gasteiger partial charge in [0, 0.05) is 5.69 Å². The molecule has 0 aliphatic carbocycles. The van der Waals surface area contributed by atoms with Crippen LogP contribution >= 0.6 is 15.9 Å². The highest BCUT2D eigenvalue weighted by Crippen LogP contribution is 2.24. The second kappa shape index (κ2) is 5.77. The van der Waals surface area contributed by atoms with E-state index in [0.717, 1.165) is 5.56 Å². The molecule has 1 fully saturated rings. The minimum Gasteiger partial charge on any atom is -0.376 e. The molecule has 0 saturated carbocycles. The fraction of sp³-hybridized carbons (Fsp3) is 0.417. The fourth-order valence-corrected chi connectivity index (χ4v) is 2.09. The van der Waals surface area contributed by atoms with Crippen LogP contribution in [0.15, 0.2) is 16.6 Å². The third-order valence-corrected chi connectivity index (χ3v) is 3.24. The number of hydrogen-bond acceptors (Lipinski definition) is 3. The van der Waals surface area contributed by atoms with E-state index in [-0.39, 0.29) is 12.5 Å². The van der Waals surface area contributed by atoms with E-state index in [0.29, 0.717) is 23.4 Å². The third kappa shape index (κ3) is 3.07. The van der Waals surface area contributed by atoms with Crippen molar-refractivity contribution in [1.82, 2.24) is 0 Å². The molecule has 1 aromatic rings. The zero-order chi connectivity index (χ0) is 13.1. The van der Waals surface area contributed by atoms with E-state index in [4.69, 9.17) is 9.47 Å². The summed E-state index contributed by atoms with van der Waals surface area (Å²) in [6.07, 6.45) is -0.634. The Morgan fingerprint density at radius 3 is 2.94 bits per heavy atom. The Balaban J connectivity index is 2.08. The summed E-state index contributed by atoms with van der Waals surface area (Å²) in [4.78, 5) is 11.9. The zero-order valence-corrected chi connectivity index (χ0v) is 11.4. The number of nitrogens with one attached hydrogen (secondary N) is 1. The summed E-state index contributed by atoms with van der Waals surface area (Å²) in [6.45, 7) is 2.91. The van der Waals surface area contributed by atoms with Crippen LogP contribution in [0.4, 0.5) is 10.1 Å². The van der Waals surface area contributed by atoms with Gasteiger partial charge >= 0.3 is 0 Å². The van der Waals surface area contributed by atoms with Gasteiger partial charge in [-0.3, -0.25) is 4.79 Å². The zero-order valence-electron chi connectivity index (χ0n) is 9.83. The predicted octanol–water partition coefficient (Wildman–Crippen LogP) is 2.25. The molecule has 98 valence electrons. The van der Waals surface area contributed by atoms with Crippen molar-refractivity contribution < 1.29 is 18.7 Å². The molecule has 1 N–H and O–H groups in total. The van der Waals surface area contributed by atoms with Gasteiger partial charge in [0.2, 0.25) is 0 Å². The Bertz CT molecular complexity index is 461. The number of anilines is 1. The van der Waals surface area contributed by atoms with Gasteiger partial charge in [0.05, 0.1) is 24.3 Å². The summed E-state index contributed by atoms with van der Waals surface area (Å²) in [5.41, 5.74) is 1.21. The summed E-state index contributed by atoms with van der Waals surface area (Å²) in [5.74, 6) is -0.740. The van der Waals surface area contributed by atoms with E-state index in [1.54, 1.807) is 13.0 Å². The van der Waals surface area contributed by atoms with E-state index in [1.807, 2.05) is 0 Å². The Morgan fingerprint density at radius 2 is 2.28 bits per heavy atom. The van der Waals surface area contributed by atoms with Crippen LogP contribution in [0.5, 0.6) is 0 Å². The van der Waals surface area contributed by atoms with E-state index in [2.05, 4.69) is 21.2 Å². The molecule has 0 radical (unpaired) electrons. The molecule has 1 aliphatic rings. The van der Waals surface area contributed by atoms with Crippen LogP contribution < -0.4 is 5.32 Å². The third-order valence-electron chi connectivity index (χ3n) is 2.63. The molecule has 4 nitrogen and oxygen atoms in total. The van der Waals surface area contributed by atoms with Crippen LogP contribution in [-0.2, 0) is 14.3 Å². The van der Waals surface area contributed by atoms with Crippen LogP contribution in [0.3, 0.4) is 0 Å². The summed E-state index contributed by atoms with van der Waals surface area (Å²) >= 11 is 3.09. The first-order chi connectivity index (χ1) is 8.58. The van der Waals surface area contributed by atoms with E-state index < -0.39 is 11.9 Å². The molecule has 1 atom stereocenters. The summed E-state index contributed by atoms with van der Waals surface area (Å²) in [7, 11) is 0. The minimum absolute atomic E-state index is 0.226. The van der Waals surface area contributed by atoms with Gasteiger partial charge in [0.15, 0.2) is 6.10 Å². The lowest BCUT2D eigenvalue weighted by Crippen LogP contribution is -2.39. The number of aryl methyl sites for hydroxylation is 1. The number of benzene rings is 1. The molecule has 0 spiro atoms. The highest BCUT2D eigenvalue weighted by atomic mass is 79.9. The van der Waals surface area contributed by atoms with Gasteiger partial charge in [-0.2, -0.15) is 0 Å². The van der Waals surface area contributed by atoms with Gasteiger partial charge in [-0.1, -0.05) is 0 Å². The van der Waals surface area contributed by atoms with Gasteiger partial charge in [0.25, 0.3) is 5.91 Å². The topological polar surface area (TPSA) is 47.6 Å². The molecule has 1 heterocycles. The van der Waals surface area contributed by atoms with E-state index in [9.17, 15) is 9.18 Å². The smallest absolute Gasteiger partial charge is 0.255 e. The van der Waals surface area contributed by atoms with Crippen molar-refractivity contribution in [2.24, 2.45) is 0 Å². The molecule has 18 heavy (non-hydrogen) atoms. The van der Waals surface area contributed by atoms with Crippen LogP contribution in [0.25, 0.3) is 0 Å². The highest BCUT2D eigenvalue weighted by molar-refractivity contribution is 9.10. The van der Waals surface area contributed by atoms with Gasteiger partial charge < -0.3 is 14.8 Å². The lowest BCUT2D eigenvalue weighted by molar-refractivity contribution is -0.142. The number of halogens is 2. The monoisotopic (exact) mass is 317 g/mol. The number of carbonyl (C=O) groups is 1. The average Bonchev–Trinajstić information content (AvgIpc) is 2.37. The number of carbonyl (C=O) groups excluding carboxylic acids is 1. The van der Waals surface area contributed by atoms with Crippen molar-refractivity contribution in [1.29, 1.82) is 0 Å². The highest BCUT2D eigenvalue weighted by Gasteiger charge is 2.23. The lowest BCUT2D eigenvalue weighted by atomic mass is 10.2. The SMILES string of the molecule is Cc1cc(Br)c(F)cc1NC(=O)C1COCCO1. The van der Waals surface area contributed by atoms with Crippen molar-refractivity contribution in [2.75, 3.05) is 25.1 Å². The Hall–Kier alpha value is -0.980. The maximum absolute atomic E-state index is 13.4. The standard InChI is InChI=1S/C12H13BrFNO3/c1-7-4-8(13)9(14)5-10(7)15-12(16)11-6-17-2-3-18-11/h4-5,11H,2-3,6H2,1H3,(H,15,16). The van der Waals surface area contributed by atoms with Crippen LogP contribution in [0, 0.1) is 12.7 Å². The predicted molar refractivity (Wildman–Crippen MR) is 68.0 cm³/mol. The van der Waals surface area contributed by atoms with Crippen molar-refractivity contribution in [3.8, 4) is 0 Å². The van der Waals surface area contributed by atoms with E-state index in [1.165, 1.54) is 6.07 Å². The number of rotatable bonds is 2. The number of ether oxygens (including phenoxy) is 2. The summed E-state index contributed by atoms with van der Waals surface area (Å²) in [5, 5.41) is 2.64.